The van der Waals surface area contributed by atoms with Crippen LogP contribution in [0, 0.1) is 0 Å². The molecule has 46 heavy (non-hydrogen) atoms. The summed E-state index contributed by atoms with van der Waals surface area (Å²) in [7, 11) is 0. The summed E-state index contributed by atoms with van der Waals surface area (Å²) in [4.78, 5) is 18.1. The van der Waals surface area contributed by atoms with E-state index in [2.05, 4.69) is 131 Å². The van der Waals surface area contributed by atoms with E-state index in [1.54, 1.807) is 0 Å². The molecule has 0 atom stereocenters. The molecule has 2 N–H and O–H groups in total. The lowest BCUT2D eigenvalue weighted by atomic mass is 10.0. The van der Waals surface area contributed by atoms with E-state index in [1.807, 2.05) is 36.4 Å². The largest absolute Gasteiger partial charge is 0.354 e. The van der Waals surface area contributed by atoms with Gasteiger partial charge in [0.25, 0.3) is 0 Å². The number of benzene rings is 2. The summed E-state index contributed by atoms with van der Waals surface area (Å²) in [6.07, 6.45) is 20.6. The number of rotatable bonds is 4. The molecule has 0 unspecified atom stereocenters. The zero-order valence-corrected chi connectivity index (χ0v) is 24.8. The van der Waals surface area contributed by atoms with E-state index in [0.29, 0.717) is 0 Å². The summed E-state index contributed by atoms with van der Waals surface area (Å²) < 4.78 is 0. The normalized spacial score (nSPS) is 14.0. The van der Waals surface area contributed by atoms with Crippen molar-refractivity contribution in [2.45, 2.75) is 0 Å². The van der Waals surface area contributed by atoms with Gasteiger partial charge in [-0.05, 0) is 84.0 Å². The number of nitrogens with zero attached hydrogens (tertiary/aromatic N) is 2. The molecular formula is C42H26N4. The van der Waals surface area contributed by atoms with Crippen molar-refractivity contribution in [1.82, 2.24) is 19.9 Å². The molecule has 2 aromatic carbocycles. The molecule has 9 rings (SSSR count). The van der Waals surface area contributed by atoms with Crippen LogP contribution in [0.25, 0.3) is 79.8 Å². The molecule has 3 aromatic heterocycles. The Bertz CT molecular complexity index is 2340. The van der Waals surface area contributed by atoms with E-state index in [4.69, 9.17) is 9.97 Å². The molecule has 4 aliphatic rings. The van der Waals surface area contributed by atoms with E-state index in [0.717, 1.165) is 89.4 Å². The third-order valence-electron chi connectivity index (χ3n) is 8.61. The van der Waals surface area contributed by atoms with Crippen molar-refractivity contribution in [2.75, 3.05) is 0 Å². The predicted molar refractivity (Wildman–Crippen MR) is 191 cm³/mol. The Kier molecular flexibility index (Phi) is 6.01. The summed E-state index contributed by atoms with van der Waals surface area (Å²) in [5, 5.41) is 0. The zero-order valence-electron chi connectivity index (χ0n) is 24.8. The summed E-state index contributed by atoms with van der Waals surface area (Å²) in [5.74, 6) is 0. The minimum atomic E-state index is 0.875. The highest BCUT2D eigenvalue weighted by Gasteiger charge is 2.19. The smallest absolute Gasteiger partial charge is 0.0743 e. The molecule has 2 aliphatic carbocycles. The van der Waals surface area contributed by atoms with Crippen LogP contribution in [0.4, 0.5) is 0 Å². The predicted octanol–water partition coefficient (Wildman–Crippen LogP) is 10.2. The van der Waals surface area contributed by atoms with Crippen LogP contribution in [-0.4, -0.2) is 19.9 Å². The van der Waals surface area contributed by atoms with Gasteiger partial charge in [0.2, 0.25) is 0 Å². The quantitative estimate of drug-likeness (QED) is 0.202. The Labute approximate surface area is 265 Å². The van der Waals surface area contributed by atoms with E-state index in [-0.39, 0.29) is 0 Å². The lowest BCUT2D eigenvalue weighted by molar-refractivity contribution is 1.29. The number of hydrogen-bond acceptors (Lipinski definition) is 2. The first-order valence-electron chi connectivity index (χ1n) is 15.3. The lowest BCUT2D eigenvalue weighted by Gasteiger charge is -2.06. The van der Waals surface area contributed by atoms with Gasteiger partial charge in [-0.25, -0.2) is 9.97 Å². The molecule has 0 fully saturated rings. The first kappa shape index (κ1) is 26.0. The maximum atomic E-state index is 5.32. The number of aromatic amines is 2. The second kappa shape index (κ2) is 10.6. The monoisotopic (exact) mass is 586 g/mol. The van der Waals surface area contributed by atoms with Gasteiger partial charge in [-0.15, -0.1) is 11.5 Å². The number of nitrogens with one attached hydrogen (secondary N) is 2. The molecule has 5 aromatic rings. The van der Waals surface area contributed by atoms with Gasteiger partial charge in [0, 0.05) is 55.5 Å². The standard InChI is InChI=1S/C42H26N4/c1-3-11-27(12-4-1)39-31-19-20-32(43-31)40(28-13-5-2-6-14-28)34-22-24-36(45-34)42(30-17-9-10-18-30)38-26-25-37(46-38)41(29-15-7-8-16-29)35-23-21-33(39)44-35/h1-15,17,19-26,44-45H. The van der Waals surface area contributed by atoms with Crippen molar-refractivity contribution < 1.29 is 0 Å². The highest BCUT2D eigenvalue weighted by molar-refractivity contribution is 5.99. The van der Waals surface area contributed by atoms with E-state index in [1.165, 1.54) is 0 Å². The van der Waals surface area contributed by atoms with Gasteiger partial charge in [0.15, 0.2) is 0 Å². The number of aromatic nitrogens is 4. The zero-order chi connectivity index (χ0) is 30.5. The number of hydrogen-bond donors (Lipinski definition) is 2. The molecule has 8 bridgehead atoms. The Morgan fingerprint density at radius 2 is 0.761 bits per heavy atom. The maximum Gasteiger partial charge on any atom is 0.0743 e. The fourth-order valence-corrected chi connectivity index (χ4v) is 6.56. The van der Waals surface area contributed by atoms with Gasteiger partial charge in [0.05, 0.1) is 22.8 Å². The Morgan fingerprint density at radius 1 is 0.391 bits per heavy atom. The second-order valence-electron chi connectivity index (χ2n) is 11.4. The Morgan fingerprint density at radius 3 is 1.13 bits per heavy atom. The molecule has 0 amide bonds. The van der Waals surface area contributed by atoms with E-state index >= 15 is 0 Å². The van der Waals surface area contributed by atoms with Gasteiger partial charge in [-0.2, -0.15) is 0 Å². The van der Waals surface area contributed by atoms with Crippen LogP contribution in [0.5, 0.6) is 0 Å². The van der Waals surface area contributed by atoms with E-state index in [9.17, 15) is 0 Å². The van der Waals surface area contributed by atoms with Crippen molar-refractivity contribution in [3.8, 4) is 22.3 Å². The van der Waals surface area contributed by atoms with Gasteiger partial charge in [0.1, 0.15) is 0 Å². The van der Waals surface area contributed by atoms with Crippen LogP contribution >= 0.6 is 0 Å². The van der Waals surface area contributed by atoms with Gasteiger partial charge in [-0.1, -0.05) is 72.8 Å². The van der Waals surface area contributed by atoms with Crippen LogP contribution in [0.2, 0.25) is 0 Å². The molecule has 0 saturated heterocycles. The Balaban J connectivity index is 1.49. The number of fused-ring (bicyclic) bond motifs is 8. The van der Waals surface area contributed by atoms with Gasteiger partial charge < -0.3 is 9.97 Å². The highest BCUT2D eigenvalue weighted by Crippen LogP contribution is 2.37. The van der Waals surface area contributed by atoms with Crippen LogP contribution in [0.15, 0.2) is 133 Å². The molecule has 0 spiro atoms. The average Bonchev–Trinajstić information content (AvgIpc) is 3.93. The topological polar surface area (TPSA) is 57.4 Å². The van der Waals surface area contributed by atoms with Crippen LogP contribution in [-0.2, 0) is 0 Å². The third-order valence-corrected chi connectivity index (χ3v) is 8.61. The number of allylic oxidation sites excluding steroid dienone is 6. The van der Waals surface area contributed by atoms with Crippen molar-refractivity contribution in [1.29, 1.82) is 0 Å². The molecule has 0 saturated carbocycles. The van der Waals surface area contributed by atoms with Crippen molar-refractivity contribution in [3.05, 3.63) is 167 Å². The minimum absolute atomic E-state index is 0.875. The van der Waals surface area contributed by atoms with Crippen LogP contribution < -0.4 is 0 Å². The van der Waals surface area contributed by atoms with Crippen LogP contribution in [0.1, 0.15) is 33.9 Å². The fraction of sp³-hybridized carbons (Fsp3) is 0. The summed E-state index contributed by atoms with van der Waals surface area (Å²) >= 11 is 0. The van der Waals surface area contributed by atoms with E-state index < -0.39 is 0 Å². The first-order valence-corrected chi connectivity index (χ1v) is 15.3. The molecule has 4 heteroatoms. The Hall–Kier alpha value is -6.44. The summed E-state index contributed by atoms with van der Waals surface area (Å²) in [5.41, 5.74) is 22.5. The van der Waals surface area contributed by atoms with Gasteiger partial charge >= 0.3 is 0 Å². The minimum Gasteiger partial charge on any atom is -0.354 e. The highest BCUT2D eigenvalue weighted by atomic mass is 14.8. The SMILES string of the molecule is C1=CC=CC=1c1c2nc(c(C3=C=CC=C3)c3ccc([nH]3)c(-c3ccccc3)c3nc(c(-c4ccccc4)c4ccc1[nH]4)C=C3)C=C2. The average molecular weight is 587 g/mol. The summed E-state index contributed by atoms with van der Waals surface area (Å²) in [6, 6.07) is 29.5. The maximum absolute atomic E-state index is 5.32. The second-order valence-corrected chi connectivity index (χ2v) is 11.4. The molecule has 0 radical (unpaired) electrons. The molecular weight excluding hydrogens is 560 g/mol. The summed E-state index contributed by atoms with van der Waals surface area (Å²) in [6.45, 7) is 0. The van der Waals surface area contributed by atoms with Crippen molar-refractivity contribution in [2.24, 2.45) is 0 Å². The third kappa shape index (κ3) is 4.34. The molecule has 214 valence electrons. The lowest BCUT2D eigenvalue weighted by Crippen LogP contribution is -1.91. The van der Waals surface area contributed by atoms with Crippen LogP contribution in [0.3, 0.4) is 0 Å². The van der Waals surface area contributed by atoms with Gasteiger partial charge in [-0.3, -0.25) is 0 Å². The van der Waals surface area contributed by atoms with Crippen molar-refractivity contribution in [3.63, 3.8) is 0 Å². The first-order chi connectivity index (χ1) is 22.8. The van der Waals surface area contributed by atoms with Crippen molar-refractivity contribution >= 4 is 57.5 Å². The molecule has 5 heterocycles. The molecule has 4 nitrogen and oxygen atoms in total. The molecule has 2 aliphatic heterocycles. The number of H-pyrrole nitrogens is 2. The fourth-order valence-electron chi connectivity index (χ4n) is 6.56.